The summed E-state index contributed by atoms with van der Waals surface area (Å²) in [5.41, 5.74) is 0. The molecule has 0 bridgehead atoms. The second-order valence-electron chi connectivity index (χ2n) is 4.42. The number of nitrogens with zero attached hydrogens (tertiary/aromatic N) is 2. The molecule has 1 heterocycles. The molecule has 1 atom stereocenters. The lowest BCUT2D eigenvalue weighted by Gasteiger charge is -2.19. The number of aromatic nitrogens is 1. The Hall–Kier alpha value is -0.980. The topological polar surface area (TPSA) is 50.3 Å². The van der Waals surface area contributed by atoms with Crippen molar-refractivity contribution < 1.29 is 8.42 Å². The average molecular weight is 343 g/mol. The molecule has 0 amide bonds. The smallest absolute Gasteiger partial charge is 0.243 e. The fraction of sp³-hybridized carbons (Fsp3) is 0.308. The SMILES string of the molecule is CC(Br)CN(C)S(=O)(=O)c1cccc2cnccc12. The molecule has 1 unspecified atom stereocenters. The maximum absolute atomic E-state index is 12.6. The summed E-state index contributed by atoms with van der Waals surface area (Å²) < 4.78 is 26.5. The minimum atomic E-state index is -3.49. The molecule has 0 spiro atoms. The Morgan fingerprint density at radius 1 is 1.37 bits per heavy atom. The van der Waals surface area contributed by atoms with Crippen molar-refractivity contribution in [2.24, 2.45) is 0 Å². The summed E-state index contributed by atoms with van der Waals surface area (Å²) in [7, 11) is -1.89. The van der Waals surface area contributed by atoms with Crippen LogP contribution in [0.5, 0.6) is 0 Å². The van der Waals surface area contributed by atoms with Crippen molar-refractivity contribution in [1.29, 1.82) is 0 Å². The monoisotopic (exact) mass is 342 g/mol. The van der Waals surface area contributed by atoms with Gasteiger partial charge in [0.2, 0.25) is 10.0 Å². The van der Waals surface area contributed by atoms with Crippen LogP contribution in [0.25, 0.3) is 10.8 Å². The Morgan fingerprint density at radius 2 is 2.11 bits per heavy atom. The summed E-state index contributed by atoms with van der Waals surface area (Å²) in [6.45, 7) is 2.34. The van der Waals surface area contributed by atoms with E-state index in [4.69, 9.17) is 0 Å². The van der Waals surface area contributed by atoms with E-state index in [1.165, 1.54) is 4.31 Å². The van der Waals surface area contributed by atoms with Gasteiger partial charge in [0.25, 0.3) is 0 Å². The molecular weight excluding hydrogens is 328 g/mol. The van der Waals surface area contributed by atoms with Crippen LogP contribution in [-0.2, 0) is 10.0 Å². The minimum Gasteiger partial charge on any atom is -0.264 e. The fourth-order valence-corrected chi connectivity index (χ4v) is 4.03. The first-order valence-corrected chi connectivity index (χ1v) is 8.21. The number of alkyl halides is 1. The summed E-state index contributed by atoms with van der Waals surface area (Å²) >= 11 is 3.37. The molecule has 2 aromatic rings. The van der Waals surface area contributed by atoms with Crippen LogP contribution in [0, 0.1) is 0 Å². The van der Waals surface area contributed by atoms with Crippen molar-refractivity contribution in [2.45, 2.75) is 16.6 Å². The Morgan fingerprint density at radius 3 is 2.79 bits per heavy atom. The van der Waals surface area contributed by atoms with Crippen LogP contribution in [-0.4, -0.2) is 36.1 Å². The summed E-state index contributed by atoms with van der Waals surface area (Å²) in [6.07, 6.45) is 3.27. The van der Waals surface area contributed by atoms with Gasteiger partial charge in [0.1, 0.15) is 0 Å². The van der Waals surface area contributed by atoms with Gasteiger partial charge in [-0.15, -0.1) is 0 Å². The molecule has 0 fully saturated rings. The highest BCUT2D eigenvalue weighted by atomic mass is 79.9. The van der Waals surface area contributed by atoms with E-state index in [2.05, 4.69) is 20.9 Å². The van der Waals surface area contributed by atoms with Crippen molar-refractivity contribution in [3.63, 3.8) is 0 Å². The van der Waals surface area contributed by atoms with Crippen LogP contribution in [0.1, 0.15) is 6.92 Å². The van der Waals surface area contributed by atoms with Gasteiger partial charge in [-0.2, -0.15) is 4.31 Å². The molecule has 102 valence electrons. The zero-order valence-corrected chi connectivity index (χ0v) is 13.1. The third-order valence-electron chi connectivity index (χ3n) is 2.84. The number of benzene rings is 1. The van der Waals surface area contributed by atoms with Crippen molar-refractivity contribution in [3.05, 3.63) is 36.7 Å². The average Bonchev–Trinajstić information content (AvgIpc) is 2.37. The Labute approximate surface area is 121 Å². The van der Waals surface area contributed by atoms with E-state index < -0.39 is 10.0 Å². The number of rotatable bonds is 4. The van der Waals surface area contributed by atoms with Gasteiger partial charge in [0.05, 0.1) is 4.90 Å². The Balaban J connectivity index is 2.55. The van der Waals surface area contributed by atoms with Crippen molar-refractivity contribution in [1.82, 2.24) is 9.29 Å². The number of sulfonamides is 1. The van der Waals surface area contributed by atoms with Gasteiger partial charge >= 0.3 is 0 Å². The van der Waals surface area contributed by atoms with Gasteiger partial charge in [-0.3, -0.25) is 4.98 Å². The molecule has 0 aliphatic rings. The van der Waals surface area contributed by atoms with Gasteiger partial charge in [-0.05, 0) is 12.1 Å². The zero-order valence-electron chi connectivity index (χ0n) is 10.7. The molecule has 0 saturated carbocycles. The molecule has 19 heavy (non-hydrogen) atoms. The van der Waals surface area contributed by atoms with Crippen LogP contribution in [0.2, 0.25) is 0 Å². The summed E-state index contributed by atoms with van der Waals surface area (Å²) in [5.74, 6) is 0. The summed E-state index contributed by atoms with van der Waals surface area (Å²) in [5, 5.41) is 1.52. The lowest BCUT2D eigenvalue weighted by Crippen LogP contribution is -2.31. The largest absolute Gasteiger partial charge is 0.264 e. The van der Waals surface area contributed by atoms with Gasteiger partial charge in [-0.25, -0.2) is 8.42 Å². The van der Waals surface area contributed by atoms with Crippen molar-refractivity contribution >= 4 is 36.7 Å². The molecule has 1 aromatic carbocycles. The molecule has 4 nitrogen and oxygen atoms in total. The molecule has 6 heteroatoms. The summed E-state index contributed by atoms with van der Waals surface area (Å²) in [6, 6.07) is 6.96. The van der Waals surface area contributed by atoms with Crippen LogP contribution in [0.3, 0.4) is 0 Å². The molecule has 0 N–H and O–H groups in total. The number of halogens is 1. The first kappa shape index (κ1) is 14.4. The molecule has 0 saturated heterocycles. The van der Waals surface area contributed by atoms with E-state index in [0.717, 1.165) is 5.39 Å². The van der Waals surface area contributed by atoms with Gasteiger partial charge in [0.15, 0.2) is 0 Å². The van der Waals surface area contributed by atoms with E-state index in [1.807, 2.05) is 13.0 Å². The van der Waals surface area contributed by atoms with Crippen LogP contribution < -0.4 is 0 Å². The maximum atomic E-state index is 12.6. The number of hydrogen-bond acceptors (Lipinski definition) is 3. The van der Waals surface area contributed by atoms with Crippen LogP contribution in [0.4, 0.5) is 0 Å². The molecule has 1 aromatic heterocycles. The zero-order chi connectivity index (χ0) is 14.0. The van der Waals surface area contributed by atoms with Gasteiger partial charge in [0, 0.05) is 41.6 Å². The molecule has 0 aliphatic heterocycles. The van der Waals surface area contributed by atoms with E-state index in [0.29, 0.717) is 16.8 Å². The highest BCUT2D eigenvalue weighted by Gasteiger charge is 2.23. The third-order valence-corrected chi connectivity index (χ3v) is 5.01. The second-order valence-corrected chi connectivity index (χ2v) is 8.00. The van der Waals surface area contributed by atoms with Crippen molar-refractivity contribution in [2.75, 3.05) is 13.6 Å². The molecule has 0 radical (unpaired) electrons. The first-order chi connectivity index (χ1) is 8.93. The lowest BCUT2D eigenvalue weighted by atomic mass is 10.2. The maximum Gasteiger partial charge on any atom is 0.243 e. The standard InChI is InChI=1S/C13H15BrN2O2S/c1-10(14)9-16(2)19(17,18)13-5-3-4-11-8-15-7-6-12(11)13/h3-8,10H,9H2,1-2H3. The molecule has 2 rings (SSSR count). The Bertz CT molecular complexity index is 681. The number of hydrogen-bond donors (Lipinski definition) is 0. The van der Waals surface area contributed by atoms with E-state index in [9.17, 15) is 8.42 Å². The van der Waals surface area contributed by atoms with Gasteiger partial charge < -0.3 is 0 Å². The van der Waals surface area contributed by atoms with Gasteiger partial charge in [-0.1, -0.05) is 35.0 Å². The minimum absolute atomic E-state index is 0.101. The quantitative estimate of drug-likeness (QED) is 0.802. The number of pyridine rings is 1. The molecule has 0 aliphatic carbocycles. The van der Waals surface area contributed by atoms with E-state index in [1.54, 1.807) is 37.6 Å². The second kappa shape index (κ2) is 5.56. The molecular formula is C13H15BrN2O2S. The van der Waals surface area contributed by atoms with Crippen molar-refractivity contribution in [3.8, 4) is 0 Å². The normalized spacial score (nSPS) is 13.9. The van der Waals surface area contributed by atoms with Crippen LogP contribution in [0.15, 0.2) is 41.6 Å². The predicted octanol–water partition coefficient (Wildman–Crippen LogP) is 2.64. The Kier molecular flexibility index (Phi) is 4.23. The van der Waals surface area contributed by atoms with Crippen LogP contribution >= 0.6 is 15.9 Å². The first-order valence-electron chi connectivity index (χ1n) is 5.86. The highest BCUT2D eigenvalue weighted by molar-refractivity contribution is 9.09. The fourth-order valence-electron chi connectivity index (χ4n) is 1.94. The summed E-state index contributed by atoms with van der Waals surface area (Å²) in [4.78, 5) is 4.44. The number of fused-ring (bicyclic) bond motifs is 1. The van der Waals surface area contributed by atoms with E-state index in [-0.39, 0.29) is 4.83 Å². The predicted molar refractivity (Wildman–Crippen MR) is 79.9 cm³/mol. The highest BCUT2D eigenvalue weighted by Crippen LogP contribution is 2.24. The lowest BCUT2D eigenvalue weighted by molar-refractivity contribution is 0.474. The third kappa shape index (κ3) is 2.96. The van der Waals surface area contributed by atoms with E-state index >= 15 is 0 Å².